The average Bonchev–Trinajstić information content (AvgIpc) is 2.44. The molecule has 3 heteroatoms. The van der Waals surface area contributed by atoms with Gasteiger partial charge >= 0.3 is 0 Å². The number of aryl methyl sites for hydroxylation is 1. The number of benzene rings is 1. The highest BCUT2D eigenvalue weighted by Crippen LogP contribution is 2.33. The van der Waals surface area contributed by atoms with E-state index in [4.69, 9.17) is 5.73 Å². The number of hydrogen-bond donors (Lipinski definition) is 1. The average molecular weight is 278 g/mol. The lowest BCUT2D eigenvalue weighted by atomic mass is 9.92. The van der Waals surface area contributed by atoms with E-state index in [-0.39, 0.29) is 11.9 Å². The van der Waals surface area contributed by atoms with Crippen molar-refractivity contribution in [2.24, 2.45) is 5.73 Å². The number of nitrogens with zero attached hydrogens (tertiary/aromatic N) is 1. The Bertz CT molecular complexity index is 451. The molecule has 0 spiro atoms. The van der Waals surface area contributed by atoms with Crippen molar-refractivity contribution in [1.82, 2.24) is 0 Å². The van der Waals surface area contributed by atoms with Gasteiger partial charge in [0.2, 0.25) is 0 Å². The maximum absolute atomic E-state index is 13.9. The molecular formula is C17H27FN2. The first-order chi connectivity index (χ1) is 9.54. The van der Waals surface area contributed by atoms with Gasteiger partial charge in [0.15, 0.2) is 0 Å². The Labute approximate surface area is 122 Å². The lowest BCUT2D eigenvalue weighted by molar-refractivity contribution is 0.417. The molecule has 1 saturated carbocycles. The van der Waals surface area contributed by atoms with Crippen LogP contribution in [0.1, 0.15) is 63.1 Å². The second-order valence-corrected chi connectivity index (χ2v) is 6.03. The van der Waals surface area contributed by atoms with Crippen molar-refractivity contribution in [3.05, 3.63) is 29.1 Å². The Morgan fingerprint density at radius 3 is 2.50 bits per heavy atom. The van der Waals surface area contributed by atoms with Crippen molar-refractivity contribution in [2.45, 2.75) is 65.0 Å². The molecule has 0 amide bonds. The molecule has 1 aromatic rings. The third kappa shape index (κ3) is 3.14. The molecule has 20 heavy (non-hydrogen) atoms. The summed E-state index contributed by atoms with van der Waals surface area (Å²) in [6, 6.07) is 4.04. The summed E-state index contributed by atoms with van der Waals surface area (Å²) < 4.78 is 13.9. The molecule has 1 aromatic carbocycles. The highest BCUT2D eigenvalue weighted by molar-refractivity contribution is 5.57. The van der Waals surface area contributed by atoms with Crippen LogP contribution in [0.4, 0.5) is 10.1 Å². The van der Waals surface area contributed by atoms with Crippen LogP contribution in [0.3, 0.4) is 0 Å². The van der Waals surface area contributed by atoms with Gasteiger partial charge in [0.1, 0.15) is 5.82 Å². The summed E-state index contributed by atoms with van der Waals surface area (Å²) in [6.45, 7) is 6.90. The largest absolute Gasteiger partial charge is 0.369 e. The molecule has 2 rings (SSSR count). The molecule has 112 valence electrons. The minimum Gasteiger partial charge on any atom is -0.369 e. The lowest BCUT2D eigenvalue weighted by Crippen LogP contribution is -2.37. The van der Waals surface area contributed by atoms with Gasteiger partial charge in [0.25, 0.3) is 0 Å². The van der Waals surface area contributed by atoms with Gasteiger partial charge in [-0.2, -0.15) is 0 Å². The van der Waals surface area contributed by atoms with E-state index in [1.807, 2.05) is 19.9 Å². The van der Waals surface area contributed by atoms with Crippen molar-refractivity contribution in [2.75, 3.05) is 11.4 Å². The van der Waals surface area contributed by atoms with E-state index in [0.717, 1.165) is 17.8 Å². The summed E-state index contributed by atoms with van der Waals surface area (Å²) in [5, 5.41) is 0. The molecule has 1 aliphatic carbocycles. The Morgan fingerprint density at radius 2 is 1.95 bits per heavy atom. The SMILES string of the molecule is CCN(c1cc(C)c(F)cc1[C@@H](C)N)C1CCCCC1. The smallest absolute Gasteiger partial charge is 0.126 e. The predicted molar refractivity (Wildman–Crippen MR) is 83.6 cm³/mol. The second-order valence-electron chi connectivity index (χ2n) is 6.03. The van der Waals surface area contributed by atoms with Crippen LogP contribution in [0.5, 0.6) is 0 Å². The molecule has 0 aromatic heterocycles. The van der Waals surface area contributed by atoms with Gasteiger partial charge in [0.05, 0.1) is 0 Å². The molecule has 0 bridgehead atoms. The molecule has 1 atom stereocenters. The van der Waals surface area contributed by atoms with E-state index < -0.39 is 0 Å². The van der Waals surface area contributed by atoms with Crippen molar-refractivity contribution in [1.29, 1.82) is 0 Å². The van der Waals surface area contributed by atoms with E-state index in [2.05, 4.69) is 11.8 Å². The van der Waals surface area contributed by atoms with E-state index in [9.17, 15) is 4.39 Å². The van der Waals surface area contributed by atoms with Gasteiger partial charge in [-0.05, 0) is 56.9 Å². The fourth-order valence-corrected chi connectivity index (χ4v) is 3.31. The van der Waals surface area contributed by atoms with Crippen LogP contribution in [0, 0.1) is 12.7 Å². The van der Waals surface area contributed by atoms with E-state index in [1.165, 1.54) is 32.1 Å². The highest BCUT2D eigenvalue weighted by Gasteiger charge is 2.23. The zero-order valence-corrected chi connectivity index (χ0v) is 13.0. The number of rotatable bonds is 4. The first kappa shape index (κ1) is 15.3. The summed E-state index contributed by atoms with van der Waals surface area (Å²) in [6.07, 6.45) is 6.42. The van der Waals surface area contributed by atoms with Crippen molar-refractivity contribution in [3.63, 3.8) is 0 Å². The fraction of sp³-hybridized carbons (Fsp3) is 0.647. The van der Waals surface area contributed by atoms with Crippen LogP contribution in [-0.4, -0.2) is 12.6 Å². The van der Waals surface area contributed by atoms with Crippen LogP contribution in [0.2, 0.25) is 0 Å². The topological polar surface area (TPSA) is 29.3 Å². The van der Waals surface area contributed by atoms with Gasteiger partial charge in [0, 0.05) is 24.3 Å². The molecule has 0 radical (unpaired) electrons. The number of nitrogens with two attached hydrogens (primary N) is 1. The van der Waals surface area contributed by atoms with Gasteiger partial charge in [-0.1, -0.05) is 19.3 Å². The normalized spacial score (nSPS) is 18.1. The van der Waals surface area contributed by atoms with Crippen LogP contribution in [0.15, 0.2) is 12.1 Å². The lowest BCUT2D eigenvalue weighted by Gasteiger charge is -2.37. The third-order valence-corrected chi connectivity index (χ3v) is 4.46. The van der Waals surface area contributed by atoms with Crippen LogP contribution in [0.25, 0.3) is 0 Å². The van der Waals surface area contributed by atoms with Crippen LogP contribution < -0.4 is 10.6 Å². The van der Waals surface area contributed by atoms with Crippen LogP contribution >= 0.6 is 0 Å². The molecule has 2 nitrogen and oxygen atoms in total. The number of hydrogen-bond acceptors (Lipinski definition) is 2. The molecule has 1 fully saturated rings. The van der Waals surface area contributed by atoms with Crippen molar-refractivity contribution < 1.29 is 4.39 Å². The maximum Gasteiger partial charge on any atom is 0.126 e. The number of anilines is 1. The zero-order chi connectivity index (χ0) is 14.7. The quantitative estimate of drug-likeness (QED) is 0.889. The molecule has 0 unspecified atom stereocenters. The molecule has 1 aliphatic rings. The Hall–Kier alpha value is -1.09. The summed E-state index contributed by atoms with van der Waals surface area (Å²) in [5.74, 6) is -0.152. The molecular weight excluding hydrogens is 251 g/mol. The predicted octanol–water partition coefficient (Wildman–Crippen LogP) is 4.31. The number of halogens is 1. The van der Waals surface area contributed by atoms with E-state index in [1.54, 1.807) is 6.07 Å². The monoisotopic (exact) mass is 278 g/mol. The highest BCUT2D eigenvalue weighted by atomic mass is 19.1. The van der Waals surface area contributed by atoms with Crippen molar-refractivity contribution in [3.8, 4) is 0 Å². The Morgan fingerprint density at radius 1 is 1.30 bits per heavy atom. The van der Waals surface area contributed by atoms with E-state index >= 15 is 0 Å². The van der Waals surface area contributed by atoms with Gasteiger partial charge in [-0.15, -0.1) is 0 Å². The minimum absolute atomic E-state index is 0.141. The first-order valence-electron chi connectivity index (χ1n) is 7.86. The maximum atomic E-state index is 13.9. The molecule has 2 N–H and O–H groups in total. The van der Waals surface area contributed by atoms with Gasteiger partial charge in [-0.25, -0.2) is 4.39 Å². The van der Waals surface area contributed by atoms with E-state index in [0.29, 0.717) is 11.6 Å². The Balaban J connectivity index is 2.39. The summed E-state index contributed by atoms with van der Waals surface area (Å²) in [4.78, 5) is 2.43. The summed E-state index contributed by atoms with van der Waals surface area (Å²) >= 11 is 0. The third-order valence-electron chi connectivity index (χ3n) is 4.46. The van der Waals surface area contributed by atoms with Crippen molar-refractivity contribution >= 4 is 5.69 Å². The first-order valence-corrected chi connectivity index (χ1v) is 7.86. The molecule has 0 aliphatic heterocycles. The van der Waals surface area contributed by atoms with Crippen LogP contribution in [-0.2, 0) is 0 Å². The molecule has 0 heterocycles. The minimum atomic E-state index is -0.152. The van der Waals surface area contributed by atoms with Gasteiger partial charge in [-0.3, -0.25) is 0 Å². The van der Waals surface area contributed by atoms with Gasteiger partial charge < -0.3 is 10.6 Å². The zero-order valence-electron chi connectivity index (χ0n) is 13.0. The molecule has 0 saturated heterocycles. The summed E-state index contributed by atoms with van der Waals surface area (Å²) in [5.41, 5.74) is 8.83. The second kappa shape index (κ2) is 6.57. The Kier molecular flexibility index (Phi) is 5.03. The fourth-order valence-electron chi connectivity index (χ4n) is 3.31. The summed E-state index contributed by atoms with van der Waals surface area (Å²) in [7, 11) is 0. The standard InChI is InChI=1S/C17H27FN2/c1-4-20(14-8-6-5-7-9-14)17-10-12(2)16(18)11-15(17)13(3)19/h10-11,13-14H,4-9,19H2,1-3H3/t13-/m1/s1.